The van der Waals surface area contributed by atoms with Crippen LogP contribution in [0.5, 0.6) is 0 Å². The Labute approximate surface area is 212 Å². The molecule has 0 aliphatic carbocycles. The molecule has 2 amide bonds. The number of anilines is 1. The average Bonchev–Trinajstić information content (AvgIpc) is 2.85. The van der Waals surface area contributed by atoms with Crippen molar-refractivity contribution in [1.29, 1.82) is 0 Å². The molecule has 2 N–H and O–H groups in total. The van der Waals surface area contributed by atoms with E-state index in [2.05, 4.69) is 15.6 Å². The van der Waals surface area contributed by atoms with Crippen LogP contribution in [0.1, 0.15) is 15.9 Å². The molecule has 4 aromatic rings. The maximum atomic E-state index is 13.0. The Morgan fingerprint density at radius 3 is 2.71 bits per heavy atom. The summed E-state index contributed by atoms with van der Waals surface area (Å²) in [6.07, 6.45) is 1.75. The Morgan fingerprint density at radius 1 is 1.03 bits per heavy atom. The van der Waals surface area contributed by atoms with E-state index >= 15 is 0 Å². The number of pyridine rings is 1. The molecule has 1 aliphatic heterocycles. The van der Waals surface area contributed by atoms with Crippen LogP contribution in [0, 0.1) is 0 Å². The van der Waals surface area contributed by atoms with Crippen LogP contribution in [0.4, 0.5) is 5.69 Å². The monoisotopic (exact) mass is 504 g/mol. The topological polar surface area (TPSA) is 74.3 Å². The number of rotatable bonds is 5. The molecule has 0 atom stereocenters. The summed E-state index contributed by atoms with van der Waals surface area (Å²) >= 11 is 13.0. The SMILES string of the molecule is O=C1CN(Cc2ccc(C(=O)Nc3ccc(Cl)c(-c4nccc5ccccc45)c3)c(Cl)c2)CCN1. The number of aromatic nitrogens is 1. The highest BCUT2D eigenvalue weighted by atomic mass is 35.5. The zero-order valence-corrected chi connectivity index (χ0v) is 20.2. The fourth-order valence-electron chi connectivity index (χ4n) is 4.24. The summed E-state index contributed by atoms with van der Waals surface area (Å²) in [6, 6.07) is 20.6. The van der Waals surface area contributed by atoms with Crippen LogP contribution in [0.2, 0.25) is 10.0 Å². The number of halogens is 2. The van der Waals surface area contributed by atoms with Crippen LogP contribution in [-0.4, -0.2) is 41.3 Å². The second kappa shape index (κ2) is 10.0. The molecule has 0 saturated carbocycles. The Morgan fingerprint density at radius 2 is 1.89 bits per heavy atom. The highest BCUT2D eigenvalue weighted by molar-refractivity contribution is 6.35. The molecule has 5 rings (SSSR count). The lowest BCUT2D eigenvalue weighted by molar-refractivity contribution is -0.124. The highest BCUT2D eigenvalue weighted by Gasteiger charge is 2.18. The molecule has 1 aromatic heterocycles. The van der Waals surface area contributed by atoms with E-state index in [1.54, 1.807) is 30.5 Å². The summed E-state index contributed by atoms with van der Waals surface area (Å²) in [5.41, 5.74) is 3.37. The van der Waals surface area contributed by atoms with Crippen molar-refractivity contribution in [1.82, 2.24) is 15.2 Å². The maximum absolute atomic E-state index is 13.0. The Balaban J connectivity index is 1.36. The van der Waals surface area contributed by atoms with Crippen LogP contribution in [-0.2, 0) is 11.3 Å². The normalized spacial score (nSPS) is 14.1. The van der Waals surface area contributed by atoms with Gasteiger partial charge >= 0.3 is 0 Å². The first-order valence-electron chi connectivity index (χ1n) is 11.2. The molecule has 1 fully saturated rings. The standard InChI is InChI=1S/C27H22Cl2N4O2/c28-23-8-6-19(14-22(23)26-20-4-2-1-3-18(20)9-10-31-26)32-27(35)21-7-5-17(13-24(21)29)15-33-12-11-30-25(34)16-33/h1-10,13-14H,11-12,15-16H2,(H,30,34)(H,32,35). The maximum Gasteiger partial charge on any atom is 0.257 e. The van der Waals surface area contributed by atoms with Gasteiger partial charge in [0.25, 0.3) is 5.91 Å². The summed E-state index contributed by atoms with van der Waals surface area (Å²) in [7, 11) is 0. The third-order valence-electron chi connectivity index (χ3n) is 5.95. The minimum atomic E-state index is -0.321. The van der Waals surface area contributed by atoms with Gasteiger partial charge in [-0.3, -0.25) is 19.5 Å². The summed E-state index contributed by atoms with van der Waals surface area (Å²) in [5.74, 6) is -0.308. The molecule has 8 heteroatoms. The number of fused-ring (bicyclic) bond motifs is 1. The van der Waals surface area contributed by atoms with Crippen LogP contribution >= 0.6 is 23.2 Å². The van der Waals surface area contributed by atoms with E-state index < -0.39 is 0 Å². The molecule has 176 valence electrons. The summed E-state index contributed by atoms with van der Waals surface area (Å²) in [6.45, 7) is 2.35. The van der Waals surface area contributed by atoms with Gasteiger partial charge in [-0.25, -0.2) is 0 Å². The minimum absolute atomic E-state index is 0.0133. The van der Waals surface area contributed by atoms with Crippen LogP contribution in [0.25, 0.3) is 22.0 Å². The molecule has 0 spiro atoms. The van der Waals surface area contributed by atoms with Crippen LogP contribution < -0.4 is 10.6 Å². The molecule has 6 nitrogen and oxygen atoms in total. The lowest BCUT2D eigenvalue weighted by atomic mass is 10.0. The number of nitrogens with zero attached hydrogens (tertiary/aromatic N) is 2. The predicted octanol–water partition coefficient (Wildman–Crippen LogP) is 5.39. The predicted molar refractivity (Wildman–Crippen MR) is 140 cm³/mol. The third-order valence-corrected chi connectivity index (χ3v) is 6.60. The van der Waals surface area contributed by atoms with Gasteiger partial charge in [0.05, 0.1) is 27.8 Å². The number of nitrogens with one attached hydrogen (secondary N) is 2. The molecule has 0 unspecified atom stereocenters. The van der Waals surface area contributed by atoms with Gasteiger partial charge in [0.2, 0.25) is 5.91 Å². The largest absolute Gasteiger partial charge is 0.354 e. The number of hydrogen-bond acceptors (Lipinski definition) is 4. The van der Waals surface area contributed by atoms with Gasteiger partial charge < -0.3 is 10.6 Å². The average molecular weight is 505 g/mol. The van der Waals surface area contributed by atoms with Gasteiger partial charge in [0.15, 0.2) is 0 Å². The third kappa shape index (κ3) is 5.15. The highest BCUT2D eigenvalue weighted by Crippen LogP contribution is 2.34. The molecule has 35 heavy (non-hydrogen) atoms. The molecule has 1 aliphatic rings. The molecule has 0 radical (unpaired) electrons. The van der Waals surface area contributed by atoms with Gasteiger partial charge in [-0.05, 0) is 47.3 Å². The van der Waals surface area contributed by atoms with Crippen molar-refractivity contribution in [2.24, 2.45) is 0 Å². The van der Waals surface area contributed by atoms with E-state index in [4.69, 9.17) is 23.2 Å². The fraction of sp³-hybridized carbons (Fsp3) is 0.148. The van der Waals surface area contributed by atoms with Crippen molar-refractivity contribution in [3.8, 4) is 11.3 Å². The first kappa shape index (κ1) is 23.3. The van der Waals surface area contributed by atoms with Crippen molar-refractivity contribution >= 4 is 51.5 Å². The van der Waals surface area contributed by atoms with Crippen LogP contribution in [0.15, 0.2) is 72.9 Å². The minimum Gasteiger partial charge on any atom is -0.354 e. The van der Waals surface area contributed by atoms with E-state index in [-0.39, 0.29) is 11.8 Å². The van der Waals surface area contributed by atoms with Gasteiger partial charge in [-0.15, -0.1) is 0 Å². The summed E-state index contributed by atoms with van der Waals surface area (Å²) < 4.78 is 0. The quantitative estimate of drug-likeness (QED) is 0.381. The number of hydrogen-bond donors (Lipinski definition) is 2. The fourth-order valence-corrected chi connectivity index (χ4v) is 4.74. The zero-order chi connectivity index (χ0) is 24.4. The lowest BCUT2D eigenvalue weighted by Crippen LogP contribution is -2.47. The van der Waals surface area contributed by atoms with E-state index in [1.165, 1.54) is 0 Å². The van der Waals surface area contributed by atoms with Crippen molar-refractivity contribution < 1.29 is 9.59 Å². The summed E-state index contributed by atoms with van der Waals surface area (Å²) in [5, 5.41) is 8.66. The Bertz CT molecular complexity index is 1430. The van der Waals surface area contributed by atoms with Gasteiger partial charge in [0.1, 0.15) is 0 Å². The van der Waals surface area contributed by atoms with Crippen molar-refractivity contribution in [3.63, 3.8) is 0 Å². The van der Waals surface area contributed by atoms with Gasteiger partial charge in [0, 0.05) is 42.5 Å². The van der Waals surface area contributed by atoms with E-state index in [0.29, 0.717) is 40.9 Å². The summed E-state index contributed by atoms with van der Waals surface area (Å²) in [4.78, 5) is 31.2. The number of piperazine rings is 1. The zero-order valence-electron chi connectivity index (χ0n) is 18.7. The van der Waals surface area contributed by atoms with Crippen molar-refractivity contribution in [3.05, 3.63) is 94.1 Å². The van der Waals surface area contributed by atoms with Gasteiger partial charge in [-0.2, -0.15) is 0 Å². The molecule has 0 bridgehead atoms. The van der Waals surface area contributed by atoms with E-state index in [0.717, 1.165) is 34.1 Å². The number of carbonyl (C=O) groups is 2. The Kier molecular flexibility index (Phi) is 6.68. The van der Waals surface area contributed by atoms with E-state index in [1.807, 2.05) is 47.4 Å². The smallest absolute Gasteiger partial charge is 0.257 e. The molecule has 1 saturated heterocycles. The number of amides is 2. The number of benzene rings is 3. The van der Waals surface area contributed by atoms with Crippen molar-refractivity contribution in [2.45, 2.75) is 6.54 Å². The first-order valence-corrected chi connectivity index (χ1v) is 12.0. The number of carbonyl (C=O) groups excluding carboxylic acids is 2. The first-order chi connectivity index (χ1) is 17.0. The van der Waals surface area contributed by atoms with E-state index in [9.17, 15) is 9.59 Å². The second-order valence-corrected chi connectivity index (χ2v) is 9.22. The Hall–Kier alpha value is -3.45. The van der Waals surface area contributed by atoms with Crippen molar-refractivity contribution in [2.75, 3.05) is 25.0 Å². The van der Waals surface area contributed by atoms with Crippen LogP contribution in [0.3, 0.4) is 0 Å². The second-order valence-electron chi connectivity index (χ2n) is 8.40. The molecule has 2 heterocycles. The molecular formula is C27H22Cl2N4O2. The van der Waals surface area contributed by atoms with Gasteiger partial charge in [-0.1, -0.05) is 53.5 Å². The lowest BCUT2D eigenvalue weighted by Gasteiger charge is -2.26. The molecular weight excluding hydrogens is 483 g/mol. The molecule has 3 aromatic carbocycles.